The van der Waals surface area contributed by atoms with Crippen molar-refractivity contribution in [1.29, 1.82) is 0 Å². The average molecular weight is 295 g/mol. The Morgan fingerprint density at radius 2 is 1.95 bits per heavy atom. The van der Waals surface area contributed by atoms with Gasteiger partial charge in [-0.1, -0.05) is 18.2 Å². The molecule has 0 fully saturated rings. The number of halogens is 3. The molecule has 0 atom stereocenters. The molecule has 3 N–H and O–H groups in total. The molecule has 108 valence electrons. The number of carbonyl (C=O) groups is 1. The quantitative estimate of drug-likeness (QED) is 0.802. The zero-order valence-corrected chi connectivity index (χ0v) is 11.1. The summed E-state index contributed by atoms with van der Waals surface area (Å²) in [4.78, 5) is 11.2. The minimum atomic E-state index is -3.06. The van der Waals surface area contributed by atoms with Crippen molar-refractivity contribution in [2.24, 2.45) is 5.73 Å². The number of rotatable bonds is 7. The number of nitrogens with two attached hydrogens (primary N) is 1. The van der Waals surface area contributed by atoms with Crippen LogP contribution in [0.1, 0.15) is 6.42 Å². The Balaban J connectivity index is 0.00000324. The monoisotopic (exact) mass is 294 g/mol. The summed E-state index contributed by atoms with van der Waals surface area (Å²) in [5.74, 6) is -2.91. The molecule has 0 spiro atoms. The summed E-state index contributed by atoms with van der Waals surface area (Å²) >= 11 is 0. The van der Waals surface area contributed by atoms with Gasteiger partial charge in [-0.25, -0.2) is 8.78 Å². The average Bonchev–Trinajstić information content (AvgIpc) is 2.38. The molecule has 1 amide bonds. The lowest BCUT2D eigenvalue weighted by molar-refractivity contribution is -0.123. The van der Waals surface area contributed by atoms with E-state index in [-0.39, 0.29) is 25.4 Å². The predicted octanol–water partition coefficient (Wildman–Crippen LogP) is 1.59. The number of hydrogen-bond donors (Lipinski definition) is 2. The number of ether oxygens (including phenoxy) is 1. The smallest absolute Gasteiger partial charge is 0.277 e. The number of nitrogens with one attached hydrogen (secondary N) is 1. The molecule has 0 saturated carbocycles. The second kappa shape index (κ2) is 8.66. The maximum absolute atomic E-state index is 12.7. The Kier molecular flexibility index (Phi) is 8.02. The fourth-order valence-corrected chi connectivity index (χ4v) is 1.17. The number of carbonyl (C=O) groups excluding carboxylic acids is 1. The summed E-state index contributed by atoms with van der Waals surface area (Å²) in [6.07, 6.45) is 0.0234. The summed E-state index contributed by atoms with van der Waals surface area (Å²) in [5, 5.41) is 2.11. The van der Waals surface area contributed by atoms with Crippen LogP contribution in [0.25, 0.3) is 0 Å². The summed E-state index contributed by atoms with van der Waals surface area (Å²) in [7, 11) is 0. The number of benzene rings is 1. The predicted molar refractivity (Wildman–Crippen MR) is 70.8 cm³/mol. The van der Waals surface area contributed by atoms with E-state index in [9.17, 15) is 13.6 Å². The van der Waals surface area contributed by atoms with Crippen LogP contribution in [0.3, 0.4) is 0 Å². The third kappa shape index (κ3) is 7.58. The van der Waals surface area contributed by atoms with Gasteiger partial charge in [-0.15, -0.1) is 12.4 Å². The van der Waals surface area contributed by atoms with Crippen LogP contribution in [-0.2, 0) is 4.79 Å². The van der Waals surface area contributed by atoms with Gasteiger partial charge in [0.2, 0.25) is 5.91 Å². The minimum Gasteiger partial charge on any atom is -0.493 e. The lowest BCUT2D eigenvalue weighted by Crippen LogP contribution is -2.41. The molecule has 0 aliphatic rings. The van der Waals surface area contributed by atoms with Crippen molar-refractivity contribution < 1.29 is 18.3 Å². The van der Waals surface area contributed by atoms with Crippen molar-refractivity contribution in [2.75, 3.05) is 19.7 Å². The van der Waals surface area contributed by atoms with E-state index in [0.717, 1.165) is 0 Å². The molecule has 0 radical (unpaired) electrons. The molecule has 0 bridgehead atoms. The summed E-state index contributed by atoms with van der Waals surface area (Å²) in [5.41, 5.74) is 4.84. The van der Waals surface area contributed by atoms with Gasteiger partial charge in [0.25, 0.3) is 5.92 Å². The van der Waals surface area contributed by atoms with Crippen LogP contribution in [-0.4, -0.2) is 31.5 Å². The van der Waals surface area contributed by atoms with Gasteiger partial charge in [-0.2, -0.15) is 0 Å². The van der Waals surface area contributed by atoms with Gasteiger partial charge in [-0.3, -0.25) is 4.79 Å². The summed E-state index contributed by atoms with van der Waals surface area (Å²) < 4.78 is 30.7. The molecular weight excluding hydrogens is 278 g/mol. The van der Waals surface area contributed by atoms with Gasteiger partial charge in [0, 0.05) is 0 Å². The van der Waals surface area contributed by atoms with E-state index in [1.165, 1.54) is 0 Å². The molecule has 4 nitrogen and oxygen atoms in total. The minimum absolute atomic E-state index is 0. The van der Waals surface area contributed by atoms with Crippen molar-refractivity contribution in [3.63, 3.8) is 0 Å². The number of amides is 1. The van der Waals surface area contributed by atoms with E-state index in [0.29, 0.717) is 5.75 Å². The number of hydrogen-bond acceptors (Lipinski definition) is 3. The van der Waals surface area contributed by atoms with E-state index in [1.54, 1.807) is 24.3 Å². The van der Waals surface area contributed by atoms with Gasteiger partial charge in [0.15, 0.2) is 0 Å². The molecule has 0 aliphatic carbocycles. The standard InChI is InChI=1S/C12H16F2N2O2.ClH/c13-12(14,8-15)9-16-11(17)6-7-18-10-4-2-1-3-5-10;/h1-5H,6-9,15H2,(H,16,17);1H. The first-order valence-corrected chi connectivity index (χ1v) is 5.56. The van der Waals surface area contributed by atoms with Crippen molar-refractivity contribution in [1.82, 2.24) is 5.32 Å². The molecule has 1 rings (SSSR count). The van der Waals surface area contributed by atoms with E-state index < -0.39 is 24.9 Å². The fraction of sp³-hybridized carbons (Fsp3) is 0.417. The van der Waals surface area contributed by atoms with Crippen LogP contribution < -0.4 is 15.8 Å². The van der Waals surface area contributed by atoms with Crippen molar-refractivity contribution in [3.8, 4) is 5.75 Å². The zero-order chi connectivity index (χ0) is 13.4. The van der Waals surface area contributed by atoms with E-state index in [2.05, 4.69) is 5.32 Å². The highest BCUT2D eigenvalue weighted by Crippen LogP contribution is 2.09. The maximum Gasteiger partial charge on any atom is 0.277 e. The SMILES string of the molecule is Cl.NCC(F)(F)CNC(=O)CCOc1ccccc1. The van der Waals surface area contributed by atoms with Gasteiger partial charge < -0.3 is 15.8 Å². The Hall–Kier alpha value is -1.40. The van der Waals surface area contributed by atoms with Crippen molar-refractivity contribution in [2.45, 2.75) is 12.3 Å². The lowest BCUT2D eigenvalue weighted by Gasteiger charge is -2.14. The summed E-state index contributed by atoms with van der Waals surface area (Å²) in [6.45, 7) is -1.38. The van der Waals surface area contributed by atoms with E-state index >= 15 is 0 Å². The zero-order valence-electron chi connectivity index (χ0n) is 10.3. The van der Waals surface area contributed by atoms with Crippen LogP contribution in [0, 0.1) is 0 Å². The topological polar surface area (TPSA) is 64.3 Å². The fourth-order valence-electron chi connectivity index (χ4n) is 1.17. The Bertz CT molecular complexity index is 377. The second-order valence-electron chi connectivity index (χ2n) is 3.75. The first-order chi connectivity index (χ1) is 8.53. The number of alkyl halides is 2. The van der Waals surface area contributed by atoms with Crippen molar-refractivity contribution in [3.05, 3.63) is 30.3 Å². The van der Waals surface area contributed by atoms with Crippen molar-refractivity contribution >= 4 is 18.3 Å². The highest BCUT2D eigenvalue weighted by atomic mass is 35.5. The molecule has 1 aromatic rings. The highest BCUT2D eigenvalue weighted by molar-refractivity contribution is 5.85. The number of para-hydroxylation sites is 1. The second-order valence-corrected chi connectivity index (χ2v) is 3.75. The van der Waals surface area contributed by atoms with E-state index in [1.807, 2.05) is 6.07 Å². The van der Waals surface area contributed by atoms with Crippen LogP contribution in [0.4, 0.5) is 8.78 Å². The maximum atomic E-state index is 12.7. The Labute approximate surface area is 116 Å². The van der Waals surface area contributed by atoms with E-state index in [4.69, 9.17) is 10.5 Å². The molecule has 0 aliphatic heterocycles. The molecule has 0 unspecified atom stereocenters. The third-order valence-corrected chi connectivity index (χ3v) is 2.18. The first kappa shape index (κ1) is 17.6. The Morgan fingerprint density at radius 1 is 1.32 bits per heavy atom. The van der Waals surface area contributed by atoms with Gasteiger partial charge >= 0.3 is 0 Å². The first-order valence-electron chi connectivity index (χ1n) is 5.56. The van der Waals surface area contributed by atoms with Crippen LogP contribution in [0.2, 0.25) is 0 Å². The highest BCUT2D eigenvalue weighted by Gasteiger charge is 2.26. The molecule has 0 saturated heterocycles. The molecule has 7 heteroatoms. The van der Waals surface area contributed by atoms with Gasteiger partial charge in [-0.05, 0) is 12.1 Å². The molecule has 0 heterocycles. The summed E-state index contributed by atoms with van der Waals surface area (Å²) in [6, 6.07) is 8.95. The third-order valence-electron chi connectivity index (χ3n) is 2.18. The van der Waals surface area contributed by atoms with Gasteiger partial charge in [0.05, 0.1) is 26.1 Å². The lowest BCUT2D eigenvalue weighted by atomic mass is 10.3. The van der Waals surface area contributed by atoms with Crippen LogP contribution >= 0.6 is 12.4 Å². The van der Waals surface area contributed by atoms with Gasteiger partial charge in [0.1, 0.15) is 5.75 Å². The molecule has 19 heavy (non-hydrogen) atoms. The molecule has 1 aromatic carbocycles. The normalized spacial score (nSPS) is 10.5. The molecular formula is C12H17ClF2N2O2. The largest absolute Gasteiger partial charge is 0.493 e. The van der Waals surface area contributed by atoms with Crippen LogP contribution in [0.15, 0.2) is 30.3 Å². The van der Waals surface area contributed by atoms with Crippen LogP contribution in [0.5, 0.6) is 5.75 Å². The molecule has 0 aromatic heterocycles. The Morgan fingerprint density at radius 3 is 2.53 bits per heavy atom.